The molecule has 0 spiro atoms. The summed E-state index contributed by atoms with van der Waals surface area (Å²) in [6.45, 7) is 2.01. The van der Waals surface area contributed by atoms with Crippen LogP contribution in [-0.2, 0) is 0 Å². The first-order chi connectivity index (χ1) is 8.08. The molecular formula is C14H13BrFN. The summed E-state index contributed by atoms with van der Waals surface area (Å²) in [7, 11) is 0. The van der Waals surface area contributed by atoms with Crippen molar-refractivity contribution in [3.8, 4) is 0 Å². The third-order valence-electron chi connectivity index (χ3n) is 2.73. The molecule has 2 rings (SSSR count). The molecule has 0 aliphatic carbocycles. The molecule has 0 aliphatic heterocycles. The van der Waals surface area contributed by atoms with Crippen molar-refractivity contribution in [3.63, 3.8) is 0 Å². The molecule has 2 aromatic carbocycles. The number of aryl methyl sites for hydroxylation is 1. The number of hydrogen-bond donors (Lipinski definition) is 1. The number of hydrogen-bond acceptors (Lipinski definition) is 1. The molecule has 0 aliphatic rings. The summed E-state index contributed by atoms with van der Waals surface area (Å²) in [5.41, 5.74) is 8.65. The molecule has 1 atom stereocenters. The van der Waals surface area contributed by atoms with E-state index >= 15 is 0 Å². The minimum Gasteiger partial charge on any atom is -0.320 e. The van der Waals surface area contributed by atoms with Crippen LogP contribution in [0.25, 0.3) is 0 Å². The molecule has 17 heavy (non-hydrogen) atoms. The lowest BCUT2D eigenvalue weighted by Gasteiger charge is -2.14. The lowest BCUT2D eigenvalue weighted by Crippen LogP contribution is -2.13. The van der Waals surface area contributed by atoms with Gasteiger partial charge in [0.05, 0.1) is 6.04 Å². The lowest BCUT2D eigenvalue weighted by atomic mass is 9.98. The maximum Gasteiger partial charge on any atom is 0.129 e. The fourth-order valence-electron chi connectivity index (χ4n) is 1.71. The summed E-state index contributed by atoms with van der Waals surface area (Å²) in [6.07, 6.45) is 0. The zero-order valence-electron chi connectivity index (χ0n) is 9.45. The monoisotopic (exact) mass is 293 g/mol. The van der Waals surface area contributed by atoms with Gasteiger partial charge in [-0.05, 0) is 24.6 Å². The van der Waals surface area contributed by atoms with Crippen molar-refractivity contribution in [2.75, 3.05) is 0 Å². The highest BCUT2D eigenvalue weighted by molar-refractivity contribution is 9.10. The van der Waals surface area contributed by atoms with Crippen LogP contribution in [0.2, 0.25) is 0 Å². The Morgan fingerprint density at radius 2 is 1.76 bits per heavy atom. The standard InChI is InChI=1S/C14H13BrFN/c1-9-2-4-10(5-3-9)14(17)12-7-6-11(15)8-13(12)16/h2-8,14H,17H2,1H3. The van der Waals surface area contributed by atoms with E-state index in [9.17, 15) is 4.39 Å². The second-order valence-corrected chi connectivity index (χ2v) is 4.97. The first-order valence-corrected chi connectivity index (χ1v) is 6.14. The molecule has 2 N–H and O–H groups in total. The van der Waals surface area contributed by atoms with E-state index in [1.807, 2.05) is 31.2 Å². The van der Waals surface area contributed by atoms with Crippen molar-refractivity contribution in [2.45, 2.75) is 13.0 Å². The van der Waals surface area contributed by atoms with Gasteiger partial charge < -0.3 is 5.73 Å². The van der Waals surface area contributed by atoms with Crippen molar-refractivity contribution in [1.82, 2.24) is 0 Å². The zero-order chi connectivity index (χ0) is 12.4. The van der Waals surface area contributed by atoms with Gasteiger partial charge in [0.15, 0.2) is 0 Å². The van der Waals surface area contributed by atoms with Crippen molar-refractivity contribution >= 4 is 15.9 Å². The first kappa shape index (κ1) is 12.3. The largest absolute Gasteiger partial charge is 0.320 e. The highest BCUT2D eigenvalue weighted by Gasteiger charge is 2.13. The third kappa shape index (κ3) is 2.73. The topological polar surface area (TPSA) is 26.0 Å². The summed E-state index contributed by atoms with van der Waals surface area (Å²) >= 11 is 3.23. The summed E-state index contributed by atoms with van der Waals surface area (Å²) in [5, 5.41) is 0. The minimum absolute atomic E-state index is 0.285. The molecule has 0 bridgehead atoms. The van der Waals surface area contributed by atoms with Crippen LogP contribution in [0.4, 0.5) is 4.39 Å². The smallest absolute Gasteiger partial charge is 0.129 e. The average molecular weight is 294 g/mol. The summed E-state index contributed by atoms with van der Waals surface area (Å²) in [6, 6.07) is 12.3. The van der Waals surface area contributed by atoms with Crippen LogP contribution in [0.1, 0.15) is 22.7 Å². The lowest BCUT2D eigenvalue weighted by molar-refractivity contribution is 0.599. The van der Waals surface area contributed by atoms with Gasteiger partial charge in [0, 0.05) is 10.0 Å². The number of rotatable bonds is 2. The highest BCUT2D eigenvalue weighted by atomic mass is 79.9. The van der Waals surface area contributed by atoms with Crippen molar-refractivity contribution in [1.29, 1.82) is 0 Å². The molecule has 0 saturated carbocycles. The van der Waals surface area contributed by atoms with Gasteiger partial charge >= 0.3 is 0 Å². The summed E-state index contributed by atoms with van der Waals surface area (Å²) < 4.78 is 14.5. The zero-order valence-corrected chi connectivity index (χ0v) is 11.0. The van der Waals surface area contributed by atoms with Gasteiger partial charge in [0.25, 0.3) is 0 Å². The number of nitrogens with two attached hydrogens (primary N) is 1. The van der Waals surface area contributed by atoms with Gasteiger partial charge in [-0.3, -0.25) is 0 Å². The van der Waals surface area contributed by atoms with Crippen molar-refractivity contribution in [3.05, 3.63) is 69.4 Å². The van der Waals surface area contributed by atoms with E-state index in [0.29, 0.717) is 5.56 Å². The quantitative estimate of drug-likeness (QED) is 0.892. The van der Waals surface area contributed by atoms with E-state index in [1.54, 1.807) is 12.1 Å². The SMILES string of the molecule is Cc1ccc(C(N)c2ccc(Br)cc2F)cc1. The molecule has 0 heterocycles. The Hall–Kier alpha value is -1.19. The fourth-order valence-corrected chi connectivity index (χ4v) is 2.04. The molecule has 0 saturated heterocycles. The van der Waals surface area contributed by atoms with Crippen LogP contribution >= 0.6 is 15.9 Å². The molecule has 0 amide bonds. The normalized spacial score (nSPS) is 12.5. The van der Waals surface area contributed by atoms with Gasteiger partial charge in [-0.2, -0.15) is 0 Å². The Labute approximate surface area is 109 Å². The Morgan fingerprint density at radius 1 is 1.12 bits per heavy atom. The van der Waals surface area contributed by atoms with Gasteiger partial charge in [0.1, 0.15) is 5.82 Å². The molecule has 3 heteroatoms. The molecule has 1 nitrogen and oxygen atoms in total. The van der Waals surface area contributed by atoms with E-state index in [2.05, 4.69) is 15.9 Å². The van der Waals surface area contributed by atoms with Crippen LogP contribution in [-0.4, -0.2) is 0 Å². The van der Waals surface area contributed by atoms with Crippen LogP contribution in [0, 0.1) is 12.7 Å². The van der Waals surface area contributed by atoms with Crippen LogP contribution in [0.3, 0.4) is 0 Å². The molecule has 0 fully saturated rings. The molecule has 0 aromatic heterocycles. The first-order valence-electron chi connectivity index (χ1n) is 5.35. The molecular weight excluding hydrogens is 281 g/mol. The van der Waals surface area contributed by atoms with Gasteiger partial charge in [-0.15, -0.1) is 0 Å². The van der Waals surface area contributed by atoms with Gasteiger partial charge in [-0.25, -0.2) is 4.39 Å². The highest BCUT2D eigenvalue weighted by Crippen LogP contribution is 2.24. The third-order valence-corrected chi connectivity index (χ3v) is 3.23. The maximum absolute atomic E-state index is 13.8. The molecule has 2 aromatic rings. The summed E-state index contributed by atoms with van der Waals surface area (Å²) in [4.78, 5) is 0. The molecule has 0 radical (unpaired) electrons. The predicted molar refractivity (Wildman–Crippen MR) is 71.3 cm³/mol. The Balaban J connectivity index is 2.36. The number of halogens is 2. The minimum atomic E-state index is -0.427. The van der Waals surface area contributed by atoms with E-state index in [-0.39, 0.29) is 5.82 Å². The van der Waals surface area contributed by atoms with Crippen molar-refractivity contribution < 1.29 is 4.39 Å². The average Bonchev–Trinajstić information content (AvgIpc) is 2.29. The molecule has 88 valence electrons. The van der Waals surface area contributed by atoms with E-state index in [1.165, 1.54) is 6.07 Å². The summed E-state index contributed by atoms with van der Waals surface area (Å²) in [5.74, 6) is -0.285. The fraction of sp³-hybridized carbons (Fsp3) is 0.143. The Morgan fingerprint density at radius 3 is 2.35 bits per heavy atom. The van der Waals surface area contributed by atoms with E-state index in [4.69, 9.17) is 5.73 Å². The van der Waals surface area contributed by atoms with Crippen LogP contribution in [0.15, 0.2) is 46.9 Å². The van der Waals surface area contributed by atoms with E-state index < -0.39 is 6.04 Å². The van der Waals surface area contributed by atoms with Crippen LogP contribution < -0.4 is 5.73 Å². The van der Waals surface area contributed by atoms with Gasteiger partial charge in [-0.1, -0.05) is 51.8 Å². The second kappa shape index (κ2) is 4.98. The maximum atomic E-state index is 13.8. The molecule has 1 unspecified atom stereocenters. The van der Waals surface area contributed by atoms with Crippen molar-refractivity contribution in [2.24, 2.45) is 5.73 Å². The van der Waals surface area contributed by atoms with Gasteiger partial charge in [0.2, 0.25) is 0 Å². The van der Waals surface area contributed by atoms with E-state index in [0.717, 1.165) is 15.6 Å². The second-order valence-electron chi connectivity index (χ2n) is 4.05. The Kier molecular flexibility index (Phi) is 3.60. The number of benzene rings is 2. The Bertz CT molecular complexity index is 522. The predicted octanol–water partition coefficient (Wildman–Crippen LogP) is 3.94. The van der Waals surface area contributed by atoms with Crippen LogP contribution in [0.5, 0.6) is 0 Å².